The minimum atomic E-state index is -0.263. The lowest BCUT2D eigenvalue weighted by atomic mass is 10.3. The molecule has 1 aliphatic rings. The Labute approximate surface area is 151 Å². The summed E-state index contributed by atoms with van der Waals surface area (Å²) >= 11 is 5.90. The van der Waals surface area contributed by atoms with Gasteiger partial charge in [-0.25, -0.2) is 9.78 Å². The van der Waals surface area contributed by atoms with Crippen LogP contribution in [0.1, 0.15) is 6.92 Å². The molecule has 0 aliphatic carbocycles. The highest BCUT2D eigenvalue weighted by molar-refractivity contribution is 6.30. The molecule has 0 saturated carbocycles. The number of aromatic nitrogens is 2. The van der Waals surface area contributed by atoms with E-state index in [1.54, 1.807) is 18.0 Å². The third-order valence-corrected chi connectivity index (χ3v) is 4.10. The summed E-state index contributed by atoms with van der Waals surface area (Å²) in [4.78, 5) is 24.4. The molecule has 1 aromatic carbocycles. The minimum Gasteiger partial charge on any atom is -0.450 e. The van der Waals surface area contributed by atoms with E-state index in [2.05, 4.69) is 20.2 Å². The molecule has 1 N–H and O–H groups in total. The zero-order valence-electron chi connectivity index (χ0n) is 14.0. The maximum absolute atomic E-state index is 11.8. The Kier molecular flexibility index (Phi) is 5.55. The second kappa shape index (κ2) is 8.02. The van der Waals surface area contributed by atoms with Crippen molar-refractivity contribution in [3.8, 4) is 0 Å². The van der Waals surface area contributed by atoms with Crippen molar-refractivity contribution in [2.75, 3.05) is 43.0 Å². The smallest absolute Gasteiger partial charge is 0.409 e. The van der Waals surface area contributed by atoms with Gasteiger partial charge in [0.15, 0.2) is 0 Å². The van der Waals surface area contributed by atoms with Crippen LogP contribution >= 0.6 is 11.6 Å². The van der Waals surface area contributed by atoms with E-state index in [4.69, 9.17) is 16.3 Å². The molecule has 8 heteroatoms. The van der Waals surface area contributed by atoms with Gasteiger partial charge < -0.3 is 19.9 Å². The summed E-state index contributed by atoms with van der Waals surface area (Å²) in [6, 6.07) is 9.23. The fraction of sp³-hybridized carbons (Fsp3) is 0.353. The molecule has 3 rings (SSSR count). The molecule has 1 amide bonds. The molecule has 7 nitrogen and oxygen atoms in total. The summed E-state index contributed by atoms with van der Waals surface area (Å²) in [6.45, 7) is 4.72. The monoisotopic (exact) mass is 361 g/mol. The second-order valence-electron chi connectivity index (χ2n) is 5.55. The lowest BCUT2D eigenvalue weighted by Crippen LogP contribution is -2.49. The number of piperazine rings is 1. The largest absolute Gasteiger partial charge is 0.450 e. The quantitative estimate of drug-likeness (QED) is 0.902. The van der Waals surface area contributed by atoms with E-state index in [1.165, 1.54) is 0 Å². The number of hydrogen-bond donors (Lipinski definition) is 1. The third-order valence-electron chi connectivity index (χ3n) is 3.85. The van der Waals surface area contributed by atoms with Gasteiger partial charge in [-0.2, -0.15) is 4.98 Å². The lowest BCUT2D eigenvalue weighted by molar-refractivity contribution is 0.105. The zero-order chi connectivity index (χ0) is 17.6. The van der Waals surface area contributed by atoms with Gasteiger partial charge in [0.1, 0.15) is 5.82 Å². The normalized spacial score (nSPS) is 14.3. The first-order valence-corrected chi connectivity index (χ1v) is 8.56. The molecule has 0 unspecified atom stereocenters. The highest BCUT2D eigenvalue weighted by Crippen LogP contribution is 2.19. The van der Waals surface area contributed by atoms with Crippen molar-refractivity contribution in [1.29, 1.82) is 0 Å². The number of benzene rings is 1. The Hall–Kier alpha value is -2.54. The number of anilines is 3. The Morgan fingerprint density at radius 3 is 2.60 bits per heavy atom. The molecule has 0 radical (unpaired) electrons. The van der Waals surface area contributed by atoms with Crippen molar-refractivity contribution in [1.82, 2.24) is 14.9 Å². The van der Waals surface area contributed by atoms with Gasteiger partial charge in [-0.3, -0.25) is 0 Å². The number of amides is 1. The van der Waals surface area contributed by atoms with E-state index in [0.717, 1.165) is 5.69 Å². The summed E-state index contributed by atoms with van der Waals surface area (Å²) in [5.74, 6) is 1.35. The van der Waals surface area contributed by atoms with Gasteiger partial charge in [-0.15, -0.1) is 0 Å². The number of hydrogen-bond acceptors (Lipinski definition) is 6. The Morgan fingerprint density at radius 1 is 1.20 bits per heavy atom. The first kappa shape index (κ1) is 17.3. The standard InChI is InChI=1S/C17H20ClN5O2/c1-2-25-17(24)23-11-9-22(10-12-23)16-19-8-7-15(21-16)20-14-5-3-13(18)4-6-14/h3-8H,2,9-12H2,1H3,(H,19,20,21). The van der Waals surface area contributed by atoms with Crippen LogP contribution in [0.25, 0.3) is 0 Å². The number of rotatable bonds is 4. The summed E-state index contributed by atoms with van der Waals surface area (Å²) < 4.78 is 5.03. The van der Waals surface area contributed by atoms with Gasteiger partial charge in [-0.1, -0.05) is 11.6 Å². The van der Waals surface area contributed by atoms with Crippen molar-refractivity contribution >= 4 is 35.1 Å². The molecular formula is C17H20ClN5O2. The Morgan fingerprint density at radius 2 is 1.92 bits per heavy atom. The lowest BCUT2D eigenvalue weighted by Gasteiger charge is -2.34. The number of ether oxygens (including phenoxy) is 1. The van der Waals surface area contributed by atoms with Gasteiger partial charge >= 0.3 is 6.09 Å². The van der Waals surface area contributed by atoms with E-state index < -0.39 is 0 Å². The van der Waals surface area contributed by atoms with Crippen molar-refractivity contribution < 1.29 is 9.53 Å². The van der Waals surface area contributed by atoms with Crippen LogP contribution in [0.4, 0.5) is 22.2 Å². The summed E-state index contributed by atoms with van der Waals surface area (Å²) in [6.07, 6.45) is 1.46. The number of carbonyl (C=O) groups excluding carboxylic acids is 1. The molecule has 132 valence electrons. The van der Waals surface area contributed by atoms with Crippen LogP contribution in [0.15, 0.2) is 36.5 Å². The SMILES string of the molecule is CCOC(=O)N1CCN(c2nccc(Nc3ccc(Cl)cc3)n2)CC1. The fourth-order valence-electron chi connectivity index (χ4n) is 2.56. The highest BCUT2D eigenvalue weighted by Gasteiger charge is 2.23. The second-order valence-corrected chi connectivity index (χ2v) is 5.98. The van der Waals surface area contributed by atoms with E-state index in [-0.39, 0.29) is 6.09 Å². The molecule has 1 saturated heterocycles. The van der Waals surface area contributed by atoms with Crippen molar-refractivity contribution in [2.45, 2.75) is 6.92 Å². The maximum atomic E-state index is 11.8. The predicted molar refractivity (Wildman–Crippen MR) is 97.6 cm³/mol. The van der Waals surface area contributed by atoms with Gasteiger partial charge in [0.25, 0.3) is 0 Å². The van der Waals surface area contributed by atoms with Crippen LogP contribution in [0.2, 0.25) is 5.02 Å². The van der Waals surface area contributed by atoms with Crippen LogP contribution in [0, 0.1) is 0 Å². The van der Waals surface area contributed by atoms with E-state index >= 15 is 0 Å². The fourth-order valence-corrected chi connectivity index (χ4v) is 2.68. The Bertz CT molecular complexity index is 717. The van der Waals surface area contributed by atoms with Gasteiger partial charge in [0.05, 0.1) is 6.61 Å². The van der Waals surface area contributed by atoms with Crippen LogP contribution in [0.3, 0.4) is 0 Å². The molecule has 1 aliphatic heterocycles. The number of nitrogens with zero attached hydrogens (tertiary/aromatic N) is 4. The number of carbonyl (C=O) groups is 1. The molecule has 1 fully saturated rings. The van der Waals surface area contributed by atoms with Crippen molar-refractivity contribution in [2.24, 2.45) is 0 Å². The van der Waals surface area contributed by atoms with Crippen LogP contribution in [0.5, 0.6) is 0 Å². The number of halogens is 1. The summed E-state index contributed by atoms with van der Waals surface area (Å²) in [5.41, 5.74) is 0.904. The average molecular weight is 362 g/mol. The van der Waals surface area contributed by atoms with Crippen molar-refractivity contribution in [3.63, 3.8) is 0 Å². The van der Waals surface area contributed by atoms with E-state index in [0.29, 0.717) is 49.6 Å². The van der Waals surface area contributed by atoms with Gasteiger partial charge in [0, 0.05) is 43.1 Å². The third kappa shape index (κ3) is 4.51. The topological polar surface area (TPSA) is 70.6 Å². The van der Waals surface area contributed by atoms with E-state index in [1.807, 2.05) is 30.3 Å². The van der Waals surface area contributed by atoms with Crippen LogP contribution < -0.4 is 10.2 Å². The first-order valence-electron chi connectivity index (χ1n) is 8.18. The average Bonchev–Trinajstić information content (AvgIpc) is 2.64. The molecule has 0 spiro atoms. The van der Waals surface area contributed by atoms with Crippen molar-refractivity contribution in [3.05, 3.63) is 41.6 Å². The molecule has 0 atom stereocenters. The van der Waals surface area contributed by atoms with Crippen LogP contribution in [-0.4, -0.2) is 53.7 Å². The van der Waals surface area contributed by atoms with Gasteiger partial charge in [-0.05, 0) is 37.3 Å². The molecule has 2 heterocycles. The van der Waals surface area contributed by atoms with Crippen LogP contribution in [-0.2, 0) is 4.74 Å². The zero-order valence-corrected chi connectivity index (χ0v) is 14.7. The summed E-state index contributed by atoms with van der Waals surface area (Å²) in [7, 11) is 0. The summed E-state index contributed by atoms with van der Waals surface area (Å²) in [5, 5.41) is 3.92. The molecular weight excluding hydrogens is 342 g/mol. The molecule has 2 aromatic rings. The predicted octanol–water partition coefficient (Wildman–Crippen LogP) is 3.15. The number of nitrogens with one attached hydrogen (secondary N) is 1. The van der Waals surface area contributed by atoms with E-state index in [9.17, 15) is 4.79 Å². The highest BCUT2D eigenvalue weighted by atomic mass is 35.5. The minimum absolute atomic E-state index is 0.263. The molecule has 1 aromatic heterocycles. The Balaban J connectivity index is 1.62. The van der Waals surface area contributed by atoms with Gasteiger partial charge in [0.2, 0.25) is 5.95 Å². The molecule has 0 bridgehead atoms. The molecule has 25 heavy (non-hydrogen) atoms. The maximum Gasteiger partial charge on any atom is 0.409 e. The first-order chi connectivity index (χ1) is 12.2.